The Kier molecular flexibility index (Phi) is 6.73. The van der Waals surface area contributed by atoms with Crippen LogP contribution >= 0.6 is 0 Å². The second kappa shape index (κ2) is 10.2. The Morgan fingerprint density at radius 3 is 1.50 bits per heavy atom. The van der Waals surface area contributed by atoms with E-state index < -0.39 is 51.4 Å². The predicted molar refractivity (Wildman–Crippen MR) is 161 cm³/mol. The number of carbonyl (C=O) groups excluding carboxylic acids is 4. The van der Waals surface area contributed by atoms with Crippen molar-refractivity contribution in [1.29, 1.82) is 0 Å². The Hall–Kier alpha value is -5.65. The van der Waals surface area contributed by atoms with Gasteiger partial charge in [0.2, 0.25) is 0 Å². The summed E-state index contributed by atoms with van der Waals surface area (Å²) in [4.78, 5) is 66.0. The van der Waals surface area contributed by atoms with E-state index in [1.165, 1.54) is 24.3 Å². The normalized spacial score (nSPS) is 15.7. The minimum atomic E-state index is -4.98. The average molecular weight is 628 g/mol. The maximum atomic E-state index is 15.1. The molecule has 2 aliphatic heterocycles. The standard InChI is InChI=1S/C34H24F3N3O6/c1-17-5-11-26(19(3)13-17)38-29(41)22-9-7-20(15-24(22)31(38)43)33(4,34(35,36)37)21-8-10-23-25(16-21)32(44)39(30(23)42)27-12-6-18(2)14-28(27)40(45)46/h5-16H,1-4H3. The van der Waals surface area contributed by atoms with Crippen LogP contribution in [0.5, 0.6) is 0 Å². The Labute approximate surface area is 260 Å². The van der Waals surface area contributed by atoms with E-state index in [9.17, 15) is 29.3 Å². The number of nitrogens with zero attached hydrogens (tertiary/aromatic N) is 3. The molecule has 0 radical (unpaired) electrons. The number of anilines is 2. The summed E-state index contributed by atoms with van der Waals surface area (Å²) in [5.74, 6) is -3.37. The minimum Gasteiger partial charge on any atom is -0.268 e. The summed E-state index contributed by atoms with van der Waals surface area (Å²) in [7, 11) is 0. The molecule has 12 heteroatoms. The summed E-state index contributed by atoms with van der Waals surface area (Å²) in [5, 5.41) is 11.7. The molecule has 4 aromatic carbocycles. The molecule has 46 heavy (non-hydrogen) atoms. The molecule has 232 valence electrons. The number of hydrogen-bond donors (Lipinski definition) is 0. The smallest absolute Gasteiger partial charge is 0.268 e. The number of benzene rings is 4. The first-order valence-electron chi connectivity index (χ1n) is 14.0. The van der Waals surface area contributed by atoms with Gasteiger partial charge in [0, 0.05) is 6.07 Å². The molecule has 0 spiro atoms. The van der Waals surface area contributed by atoms with Crippen LogP contribution in [0.1, 0.15) is 76.2 Å². The number of carbonyl (C=O) groups is 4. The summed E-state index contributed by atoms with van der Waals surface area (Å²) < 4.78 is 45.2. The van der Waals surface area contributed by atoms with Gasteiger partial charge in [0.15, 0.2) is 0 Å². The lowest BCUT2D eigenvalue weighted by Crippen LogP contribution is -2.41. The molecular weight excluding hydrogens is 603 g/mol. The van der Waals surface area contributed by atoms with Gasteiger partial charge >= 0.3 is 6.18 Å². The quantitative estimate of drug-likeness (QED) is 0.134. The molecule has 6 rings (SSSR count). The number of nitro benzene ring substituents is 1. The maximum Gasteiger partial charge on any atom is 0.402 e. The van der Waals surface area contributed by atoms with Crippen molar-refractivity contribution in [3.8, 4) is 0 Å². The fraction of sp³-hybridized carbons (Fsp3) is 0.176. The van der Waals surface area contributed by atoms with E-state index in [2.05, 4.69) is 0 Å². The van der Waals surface area contributed by atoms with Crippen LogP contribution in [0.25, 0.3) is 0 Å². The van der Waals surface area contributed by atoms with Gasteiger partial charge in [0.1, 0.15) is 11.1 Å². The second-order valence-electron chi connectivity index (χ2n) is 11.6. The Bertz CT molecular complexity index is 2070. The molecule has 0 aliphatic carbocycles. The molecule has 1 unspecified atom stereocenters. The first-order chi connectivity index (χ1) is 21.6. The van der Waals surface area contributed by atoms with Crippen LogP contribution in [0.4, 0.5) is 30.2 Å². The summed E-state index contributed by atoms with van der Waals surface area (Å²) in [6, 6.07) is 15.4. The van der Waals surface area contributed by atoms with Gasteiger partial charge in [-0.1, -0.05) is 35.9 Å². The first-order valence-corrected chi connectivity index (χ1v) is 14.0. The molecule has 2 heterocycles. The zero-order valence-corrected chi connectivity index (χ0v) is 24.9. The molecule has 0 saturated carbocycles. The fourth-order valence-electron chi connectivity index (χ4n) is 6.06. The Morgan fingerprint density at radius 2 is 1.04 bits per heavy atom. The lowest BCUT2D eigenvalue weighted by atomic mass is 9.74. The SMILES string of the molecule is Cc1ccc(N2C(=O)c3ccc(C(C)(c4ccc5c(c4)C(=O)N(c4ccc(C)cc4[N+](=O)[O-])C5=O)C(F)(F)F)cc3C2=O)c(C)c1. The molecule has 0 N–H and O–H groups in total. The number of halogens is 3. The van der Waals surface area contributed by atoms with E-state index in [1.54, 1.807) is 32.0 Å². The Morgan fingerprint density at radius 1 is 0.609 bits per heavy atom. The number of hydrogen-bond acceptors (Lipinski definition) is 6. The third kappa shape index (κ3) is 4.31. The lowest BCUT2D eigenvalue weighted by Gasteiger charge is -2.33. The zero-order chi connectivity index (χ0) is 33.5. The monoisotopic (exact) mass is 627 g/mol. The van der Waals surface area contributed by atoms with Crippen molar-refractivity contribution in [3.63, 3.8) is 0 Å². The molecule has 2 aliphatic rings. The highest BCUT2D eigenvalue weighted by Gasteiger charge is 2.55. The van der Waals surface area contributed by atoms with Crippen LogP contribution in [0.3, 0.4) is 0 Å². The van der Waals surface area contributed by atoms with E-state index in [0.717, 1.165) is 47.7 Å². The van der Waals surface area contributed by atoms with E-state index in [-0.39, 0.29) is 33.5 Å². The van der Waals surface area contributed by atoms with Gasteiger partial charge in [0.25, 0.3) is 29.3 Å². The zero-order valence-electron chi connectivity index (χ0n) is 24.9. The lowest BCUT2D eigenvalue weighted by molar-refractivity contribution is -0.384. The summed E-state index contributed by atoms with van der Waals surface area (Å²) in [6.45, 7) is 6.03. The number of alkyl halides is 3. The highest BCUT2D eigenvalue weighted by atomic mass is 19.4. The van der Waals surface area contributed by atoms with Gasteiger partial charge in [-0.2, -0.15) is 13.2 Å². The number of nitro groups is 1. The number of imide groups is 2. The van der Waals surface area contributed by atoms with Crippen LogP contribution in [0.15, 0.2) is 72.8 Å². The van der Waals surface area contributed by atoms with Crippen molar-refractivity contribution < 1.29 is 37.3 Å². The Balaban J connectivity index is 1.44. The third-order valence-electron chi connectivity index (χ3n) is 8.66. The highest BCUT2D eigenvalue weighted by molar-refractivity contribution is 6.35. The van der Waals surface area contributed by atoms with Crippen LogP contribution in [0.2, 0.25) is 0 Å². The third-order valence-corrected chi connectivity index (χ3v) is 8.66. The minimum absolute atomic E-state index is 0.0525. The van der Waals surface area contributed by atoms with Gasteiger partial charge < -0.3 is 0 Å². The largest absolute Gasteiger partial charge is 0.402 e. The maximum absolute atomic E-state index is 15.1. The van der Waals surface area contributed by atoms with Crippen LogP contribution in [-0.2, 0) is 5.41 Å². The molecule has 0 bridgehead atoms. The van der Waals surface area contributed by atoms with Crippen LogP contribution in [-0.4, -0.2) is 34.7 Å². The van der Waals surface area contributed by atoms with Crippen molar-refractivity contribution in [2.75, 3.05) is 9.80 Å². The predicted octanol–water partition coefficient (Wildman–Crippen LogP) is 6.99. The number of fused-ring (bicyclic) bond motifs is 2. The van der Waals surface area contributed by atoms with Gasteiger partial charge in [-0.15, -0.1) is 0 Å². The van der Waals surface area contributed by atoms with E-state index in [0.29, 0.717) is 21.7 Å². The molecule has 9 nitrogen and oxygen atoms in total. The fourth-order valence-corrected chi connectivity index (χ4v) is 6.06. The van der Waals surface area contributed by atoms with Gasteiger partial charge in [0.05, 0.1) is 32.9 Å². The second-order valence-corrected chi connectivity index (χ2v) is 11.6. The first kappa shape index (κ1) is 30.4. The molecule has 0 fully saturated rings. The van der Waals surface area contributed by atoms with Crippen molar-refractivity contribution in [1.82, 2.24) is 0 Å². The molecule has 0 saturated heterocycles. The van der Waals surface area contributed by atoms with Crippen molar-refractivity contribution in [3.05, 3.63) is 133 Å². The van der Waals surface area contributed by atoms with Gasteiger partial charge in [-0.25, -0.2) is 9.80 Å². The van der Waals surface area contributed by atoms with Crippen molar-refractivity contribution >= 4 is 40.7 Å². The molecule has 4 amide bonds. The number of rotatable bonds is 5. The van der Waals surface area contributed by atoms with Crippen molar-refractivity contribution in [2.24, 2.45) is 0 Å². The van der Waals surface area contributed by atoms with Crippen LogP contribution in [0, 0.1) is 30.9 Å². The van der Waals surface area contributed by atoms with E-state index >= 15 is 13.2 Å². The average Bonchev–Trinajstić information content (AvgIpc) is 3.39. The molecule has 0 aromatic heterocycles. The van der Waals surface area contributed by atoms with E-state index in [4.69, 9.17) is 0 Å². The number of amides is 4. The molecule has 1 atom stereocenters. The molecular formula is C34H24F3N3O6. The summed E-state index contributed by atoms with van der Waals surface area (Å²) >= 11 is 0. The topological polar surface area (TPSA) is 118 Å². The molecule has 4 aromatic rings. The number of aryl methyl sites for hydroxylation is 3. The summed E-state index contributed by atoms with van der Waals surface area (Å²) in [5.41, 5.74) is -2.89. The summed E-state index contributed by atoms with van der Waals surface area (Å²) in [6.07, 6.45) is -4.98. The van der Waals surface area contributed by atoms with Gasteiger partial charge in [-0.05, 0) is 86.3 Å². The van der Waals surface area contributed by atoms with Crippen LogP contribution < -0.4 is 9.80 Å². The van der Waals surface area contributed by atoms with E-state index in [1.807, 2.05) is 6.92 Å². The van der Waals surface area contributed by atoms with Crippen molar-refractivity contribution in [2.45, 2.75) is 39.3 Å². The highest BCUT2D eigenvalue weighted by Crippen LogP contribution is 2.48. The van der Waals surface area contributed by atoms with Gasteiger partial charge in [-0.3, -0.25) is 29.3 Å².